The third kappa shape index (κ3) is 16.4. The number of nitrogens with one attached hydrogen (secondary N) is 3. The minimum absolute atomic E-state index is 0.0528. The summed E-state index contributed by atoms with van der Waals surface area (Å²) >= 11 is 0. The number of carbonyl (C=O) groups excluding carboxylic acids is 2. The highest BCUT2D eigenvalue weighted by atomic mass is 32.2. The van der Waals surface area contributed by atoms with E-state index in [0.717, 1.165) is 36.8 Å². The minimum Gasteiger partial charge on any atom is -0.454 e. The van der Waals surface area contributed by atoms with Gasteiger partial charge in [0.1, 0.15) is 27.6 Å². The Morgan fingerprint density at radius 2 is 1.07 bits per heavy atom. The first kappa shape index (κ1) is 52.5. The van der Waals surface area contributed by atoms with Gasteiger partial charge in [-0.2, -0.15) is 0 Å². The summed E-state index contributed by atoms with van der Waals surface area (Å²) in [7, 11) is -8.36. The number of unbranched alkanes of at least 4 members (excludes halogenated alkanes) is 2. The van der Waals surface area contributed by atoms with E-state index in [0.29, 0.717) is 42.5 Å². The Kier molecular flexibility index (Phi) is 19.9. The first-order valence-corrected chi connectivity index (χ1v) is 24.9. The highest BCUT2D eigenvalue weighted by Crippen LogP contribution is 2.39. The van der Waals surface area contributed by atoms with E-state index < -0.39 is 31.9 Å². The zero-order chi connectivity index (χ0) is 49.7. The molecule has 4 aromatic carbocycles. The Morgan fingerprint density at radius 3 is 1.49 bits per heavy atom. The summed E-state index contributed by atoms with van der Waals surface area (Å²) in [5.74, 6) is 0.140. The van der Waals surface area contributed by atoms with Crippen LogP contribution in [0, 0.1) is 0 Å². The van der Waals surface area contributed by atoms with E-state index in [-0.39, 0.29) is 39.0 Å². The summed E-state index contributed by atoms with van der Waals surface area (Å²) in [4.78, 5) is 36.7. The maximum atomic E-state index is 12.8. The van der Waals surface area contributed by atoms with Gasteiger partial charge in [0.25, 0.3) is 11.8 Å². The van der Waals surface area contributed by atoms with Crippen LogP contribution in [-0.4, -0.2) is 61.3 Å². The molecule has 3 heterocycles. The highest BCUT2D eigenvalue weighted by molar-refractivity contribution is 7.89. The lowest BCUT2D eigenvalue weighted by Gasteiger charge is -2.18. The lowest BCUT2D eigenvalue weighted by atomic mass is 10.1. The lowest BCUT2D eigenvalue weighted by molar-refractivity contribution is 0.0946. The zero-order valence-corrected chi connectivity index (χ0v) is 39.8. The Labute approximate surface area is 402 Å². The third-order valence-electron chi connectivity index (χ3n) is 9.78. The maximum Gasteiger partial charge on any atom is 0.263 e. The molecule has 7 rings (SSSR count). The van der Waals surface area contributed by atoms with E-state index in [1.165, 1.54) is 35.4 Å². The van der Waals surface area contributed by atoms with Crippen LogP contribution in [0.4, 0.5) is 11.4 Å². The van der Waals surface area contributed by atoms with E-state index in [1.54, 1.807) is 97.6 Å². The van der Waals surface area contributed by atoms with Gasteiger partial charge >= 0.3 is 0 Å². The molecule has 0 aliphatic heterocycles. The van der Waals surface area contributed by atoms with Crippen molar-refractivity contribution < 1.29 is 35.9 Å². The van der Waals surface area contributed by atoms with Gasteiger partial charge in [-0.15, -0.1) is 0 Å². The molecule has 7 aromatic rings. The number of hydrogen-bond acceptors (Lipinski definition) is 14. The van der Waals surface area contributed by atoms with Gasteiger partial charge < -0.3 is 31.2 Å². The molecule has 9 N–H and O–H groups in total. The monoisotopic (exact) mass is 976 g/mol. The number of para-hydroxylation sites is 2. The molecule has 0 unspecified atom stereocenters. The molecule has 0 spiro atoms. The van der Waals surface area contributed by atoms with Crippen molar-refractivity contribution in [1.82, 2.24) is 24.8 Å². The molecule has 0 radical (unpaired) electrons. The van der Waals surface area contributed by atoms with Gasteiger partial charge in [0.15, 0.2) is 11.5 Å². The summed E-state index contributed by atoms with van der Waals surface area (Å²) in [5.41, 5.74) is 8.36. The van der Waals surface area contributed by atoms with Crippen LogP contribution in [0.1, 0.15) is 71.4 Å². The van der Waals surface area contributed by atoms with Crippen LogP contribution < -0.4 is 41.4 Å². The van der Waals surface area contributed by atoms with Crippen molar-refractivity contribution in [2.24, 2.45) is 16.0 Å². The van der Waals surface area contributed by atoms with Crippen molar-refractivity contribution in [2.75, 3.05) is 23.7 Å². The first-order chi connectivity index (χ1) is 33.2. The van der Waals surface area contributed by atoms with Gasteiger partial charge in [0, 0.05) is 74.5 Å². The Morgan fingerprint density at radius 1 is 0.609 bits per heavy atom. The van der Waals surface area contributed by atoms with E-state index >= 15 is 0 Å². The van der Waals surface area contributed by atoms with Gasteiger partial charge in [-0.05, 0) is 96.8 Å². The highest BCUT2D eigenvalue weighted by Gasteiger charge is 2.25. The number of nitrogens with two attached hydrogens (primary N) is 3. The fourth-order valence-electron chi connectivity index (χ4n) is 6.20. The average molecular weight is 977 g/mol. The molecule has 0 atom stereocenters. The number of sulfonamides is 2. The molecule has 20 heteroatoms. The van der Waals surface area contributed by atoms with Crippen LogP contribution in [0.5, 0.6) is 23.0 Å². The van der Waals surface area contributed by atoms with Crippen LogP contribution in [0.3, 0.4) is 0 Å². The summed E-state index contributed by atoms with van der Waals surface area (Å²) in [6.45, 7) is 6.11. The molecule has 1 amide bonds. The van der Waals surface area contributed by atoms with Crippen molar-refractivity contribution in [3.8, 4) is 23.0 Å². The SMILES string of the molecule is CCCCNc1cc(C(=O)NCc2ccncc2)cc(S(N)(=O)=O)c1Oc1ccccc1.CCCCNc1cc(C(=O)n2ccnc2)cc(S(N)(=O)=O)c1Oc1ccccc1.NCc1ccncc1. The minimum atomic E-state index is -4.18. The predicted molar refractivity (Wildman–Crippen MR) is 265 cm³/mol. The molecule has 362 valence electrons. The number of rotatable bonds is 19. The smallest absolute Gasteiger partial charge is 0.263 e. The van der Waals surface area contributed by atoms with Gasteiger partial charge in [-0.25, -0.2) is 32.1 Å². The number of ether oxygens (including phenoxy) is 2. The van der Waals surface area contributed by atoms with Crippen molar-refractivity contribution >= 4 is 43.2 Å². The topological polar surface area (TPSA) is 279 Å². The molecular weight excluding hydrogens is 921 g/mol. The molecule has 0 aliphatic carbocycles. The fraction of sp³-hybridized carbons (Fsp3) is 0.204. The summed E-state index contributed by atoms with van der Waals surface area (Å²) in [6.07, 6.45) is 14.6. The molecule has 0 fully saturated rings. The maximum absolute atomic E-state index is 12.8. The molecule has 0 bridgehead atoms. The second-order valence-corrected chi connectivity index (χ2v) is 18.1. The number of benzene rings is 4. The number of primary sulfonamides is 2. The van der Waals surface area contributed by atoms with Crippen molar-refractivity contribution in [1.29, 1.82) is 0 Å². The molecular formula is C49H56N10O8S2. The van der Waals surface area contributed by atoms with E-state index in [2.05, 4.69) is 30.9 Å². The summed E-state index contributed by atoms with van der Waals surface area (Å²) in [5, 5.41) is 20.1. The quantitative estimate of drug-likeness (QED) is 0.0430. The molecule has 3 aromatic heterocycles. The Hall–Kier alpha value is -7.49. The number of carbonyl (C=O) groups is 2. The number of imidazole rings is 1. The third-order valence-corrected chi connectivity index (χ3v) is 11.6. The second-order valence-electron chi connectivity index (χ2n) is 15.1. The standard InChI is InChI=1S/C23H26N4O4S.C20H22N4O4S.C6H8N2/c1-2-3-11-26-20-14-18(23(28)27-16-17-9-12-25-13-10-17)15-21(32(24,29)30)22(20)31-19-7-5-4-6-8-19;1-2-3-9-23-17-12-15(20(25)24-11-10-22-14-24)13-18(29(21,26)27)19(17)28-16-7-5-4-6-8-16;7-5-6-1-3-8-4-2-6/h4-10,12-15,26H,2-3,11,16H2,1H3,(H,27,28)(H2,24,29,30);4-8,10-14,23H,2-3,9H2,1H3,(H2,21,26,27);1-4H,5,7H2. The average Bonchev–Trinajstić information content (AvgIpc) is 3.90. The van der Waals surface area contributed by atoms with Crippen molar-refractivity contribution in [3.63, 3.8) is 0 Å². The summed E-state index contributed by atoms with van der Waals surface area (Å²) in [6, 6.07) is 30.5. The van der Waals surface area contributed by atoms with Crippen LogP contribution in [0.25, 0.3) is 0 Å². The van der Waals surface area contributed by atoms with Crippen molar-refractivity contribution in [2.45, 2.75) is 62.4 Å². The number of pyridine rings is 2. The predicted octanol–water partition coefficient (Wildman–Crippen LogP) is 7.43. The fourth-order valence-corrected chi connectivity index (χ4v) is 7.60. The number of amides is 1. The number of aromatic nitrogens is 4. The zero-order valence-electron chi connectivity index (χ0n) is 38.2. The second kappa shape index (κ2) is 26.2. The number of hydrogen-bond donors (Lipinski definition) is 6. The van der Waals surface area contributed by atoms with Gasteiger partial charge in [-0.1, -0.05) is 63.1 Å². The molecule has 69 heavy (non-hydrogen) atoms. The largest absolute Gasteiger partial charge is 0.454 e. The van der Waals surface area contributed by atoms with Crippen LogP contribution in [0.15, 0.2) is 162 Å². The number of anilines is 2. The Balaban J connectivity index is 0.000000222. The van der Waals surface area contributed by atoms with E-state index in [4.69, 9.17) is 25.5 Å². The van der Waals surface area contributed by atoms with Crippen LogP contribution >= 0.6 is 0 Å². The van der Waals surface area contributed by atoms with Crippen LogP contribution in [0.2, 0.25) is 0 Å². The van der Waals surface area contributed by atoms with Gasteiger partial charge in [0.2, 0.25) is 20.0 Å². The number of nitrogens with zero attached hydrogens (tertiary/aromatic N) is 4. The first-order valence-electron chi connectivity index (χ1n) is 21.9. The van der Waals surface area contributed by atoms with Crippen molar-refractivity contribution in [3.05, 3.63) is 175 Å². The normalized spacial score (nSPS) is 10.9. The Bertz CT molecular complexity index is 2930. The molecule has 0 saturated carbocycles. The molecule has 18 nitrogen and oxygen atoms in total. The molecule has 0 aliphatic rings. The molecule has 0 saturated heterocycles. The van der Waals surface area contributed by atoms with E-state index in [1.807, 2.05) is 38.1 Å². The van der Waals surface area contributed by atoms with E-state index in [9.17, 15) is 26.4 Å². The van der Waals surface area contributed by atoms with Gasteiger partial charge in [0.05, 0.1) is 11.4 Å². The lowest BCUT2D eigenvalue weighted by Crippen LogP contribution is -2.24. The van der Waals surface area contributed by atoms with Crippen LogP contribution in [-0.2, 0) is 33.1 Å². The summed E-state index contributed by atoms with van der Waals surface area (Å²) < 4.78 is 62.5. The van der Waals surface area contributed by atoms with Gasteiger partial charge in [-0.3, -0.25) is 24.1 Å².